The van der Waals surface area contributed by atoms with Gasteiger partial charge in [0.1, 0.15) is 11.6 Å². The van der Waals surface area contributed by atoms with E-state index in [1.807, 2.05) is 50.2 Å². The lowest BCUT2D eigenvalue weighted by atomic mass is 10.3. The fourth-order valence-corrected chi connectivity index (χ4v) is 1.69. The first kappa shape index (κ1) is 13.2. The van der Waals surface area contributed by atoms with E-state index in [1.165, 1.54) is 0 Å². The molecular formula is C15H18N2O2. The topological polar surface area (TPSA) is 43.4 Å². The van der Waals surface area contributed by atoms with Crippen molar-refractivity contribution in [2.75, 3.05) is 18.5 Å². The standard InChI is InChI=1S/C15H18N2O2/c1-3-16-15-11-12(9-10-17-15)19-14-8-6-5-7-13(14)18-4-2/h5-11H,3-4H2,1-2H3,(H,16,17). The monoisotopic (exact) mass is 258 g/mol. The number of pyridine rings is 1. The SMILES string of the molecule is CCNc1cc(Oc2ccccc2OCC)ccn1. The van der Waals surface area contributed by atoms with Gasteiger partial charge in [0.25, 0.3) is 0 Å². The minimum atomic E-state index is 0.610. The van der Waals surface area contributed by atoms with E-state index in [9.17, 15) is 0 Å². The van der Waals surface area contributed by atoms with Crippen molar-refractivity contribution in [1.82, 2.24) is 4.98 Å². The molecule has 1 heterocycles. The average molecular weight is 258 g/mol. The predicted molar refractivity (Wildman–Crippen MR) is 76.1 cm³/mol. The summed E-state index contributed by atoms with van der Waals surface area (Å²) >= 11 is 0. The van der Waals surface area contributed by atoms with Crippen LogP contribution in [0.25, 0.3) is 0 Å². The first-order valence-electron chi connectivity index (χ1n) is 6.43. The van der Waals surface area contributed by atoms with Crippen LogP contribution in [0.15, 0.2) is 42.6 Å². The van der Waals surface area contributed by atoms with Gasteiger partial charge in [0.15, 0.2) is 11.5 Å². The Balaban J connectivity index is 2.18. The van der Waals surface area contributed by atoms with Crippen LogP contribution in [0.5, 0.6) is 17.2 Å². The molecule has 19 heavy (non-hydrogen) atoms. The average Bonchev–Trinajstić information content (AvgIpc) is 2.42. The smallest absolute Gasteiger partial charge is 0.169 e. The van der Waals surface area contributed by atoms with Crippen molar-refractivity contribution in [3.63, 3.8) is 0 Å². The van der Waals surface area contributed by atoms with Crippen molar-refractivity contribution in [2.24, 2.45) is 0 Å². The van der Waals surface area contributed by atoms with Crippen molar-refractivity contribution in [3.8, 4) is 17.2 Å². The molecule has 4 nitrogen and oxygen atoms in total. The molecule has 4 heteroatoms. The van der Waals surface area contributed by atoms with Gasteiger partial charge in [-0.25, -0.2) is 4.98 Å². The lowest BCUT2D eigenvalue weighted by molar-refractivity contribution is 0.321. The highest BCUT2D eigenvalue weighted by Gasteiger charge is 2.05. The molecule has 2 aromatic rings. The van der Waals surface area contributed by atoms with Crippen LogP contribution in [-0.4, -0.2) is 18.1 Å². The van der Waals surface area contributed by atoms with Crippen LogP contribution < -0.4 is 14.8 Å². The summed E-state index contributed by atoms with van der Waals surface area (Å²) in [6.07, 6.45) is 1.72. The number of para-hydroxylation sites is 2. The molecule has 1 aromatic carbocycles. The second kappa shape index (κ2) is 6.64. The summed E-state index contributed by atoms with van der Waals surface area (Å²) in [6, 6.07) is 11.3. The normalized spacial score (nSPS) is 10.0. The Morgan fingerprint density at radius 1 is 1.11 bits per heavy atom. The van der Waals surface area contributed by atoms with E-state index in [4.69, 9.17) is 9.47 Å². The van der Waals surface area contributed by atoms with E-state index >= 15 is 0 Å². The third kappa shape index (κ3) is 3.61. The first-order valence-corrected chi connectivity index (χ1v) is 6.43. The van der Waals surface area contributed by atoms with Crippen LogP contribution in [-0.2, 0) is 0 Å². The maximum Gasteiger partial charge on any atom is 0.169 e. The summed E-state index contributed by atoms with van der Waals surface area (Å²) < 4.78 is 11.4. The maximum atomic E-state index is 5.84. The van der Waals surface area contributed by atoms with Gasteiger partial charge < -0.3 is 14.8 Å². The van der Waals surface area contributed by atoms with Crippen molar-refractivity contribution in [2.45, 2.75) is 13.8 Å². The molecule has 0 unspecified atom stereocenters. The van der Waals surface area contributed by atoms with Crippen LogP contribution >= 0.6 is 0 Å². The van der Waals surface area contributed by atoms with Gasteiger partial charge in [0, 0.05) is 18.8 Å². The fraction of sp³-hybridized carbons (Fsp3) is 0.267. The number of anilines is 1. The molecule has 1 N–H and O–H groups in total. The molecule has 0 saturated carbocycles. The van der Waals surface area contributed by atoms with Crippen molar-refractivity contribution >= 4 is 5.82 Å². The van der Waals surface area contributed by atoms with Gasteiger partial charge in [-0.1, -0.05) is 12.1 Å². The molecule has 0 amide bonds. The summed E-state index contributed by atoms with van der Waals surface area (Å²) in [5, 5.41) is 3.15. The van der Waals surface area contributed by atoms with Gasteiger partial charge in [-0.05, 0) is 32.0 Å². The molecule has 0 atom stereocenters. The van der Waals surface area contributed by atoms with Crippen LogP contribution in [0.4, 0.5) is 5.82 Å². The molecule has 0 spiro atoms. The number of hydrogen-bond donors (Lipinski definition) is 1. The summed E-state index contributed by atoms with van der Waals surface area (Å²) in [5.74, 6) is 2.98. The van der Waals surface area contributed by atoms with E-state index in [0.717, 1.165) is 23.9 Å². The molecule has 0 aliphatic carbocycles. The van der Waals surface area contributed by atoms with Gasteiger partial charge in [-0.3, -0.25) is 0 Å². The number of nitrogens with zero attached hydrogens (tertiary/aromatic N) is 1. The molecule has 0 saturated heterocycles. The molecule has 0 bridgehead atoms. The van der Waals surface area contributed by atoms with Crippen molar-refractivity contribution in [1.29, 1.82) is 0 Å². The van der Waals surface area contributed by atoms with E-state index in [1.54, 1.807) is 6.20 Å². The molecule has 100 valence electrons. The highest BCUT2D eigenvalue weighted by Crippen LogP contribution is 2.31. The second-order valence-electron chi connectivity index (χ2n) is 3.89. The molecule has 0 aliphatic rings. The van der Waals surface area contributed by atoms with Gasteiger partial charge in [-0.15, -0.1) is 0 Å². The molecule has 0 aliphatic heterocycles. The molecule has 0 fully saturated rings. The Labute approximate surface area is 113 Å². The first-order chi connectivity index (χ1) is 9.33. The number of aromatic nitrogens is 1. The summed E-state index contributed by atoms with van der Waals surface area (Å²) in [6.45, 7) is 5.41. The van der Waals surface area contributed by atoms with Crippen molar-refractivity contribution < 1.29 is 9.47 Å². The molecule has 2 rings (SSSR count). The Morgan fingerprint density at radius 3 is 2.63 bits per heavy atom. The summed E-state index contributed by atoms with van der Waals surface area (Å²) in [7, 11) is 0. The zero-order chi connectivity index (χ0) is 13.5. The lowest BCUT2D eigenvalue weighted by Gasteiger charge is -2.11. The largest absolute Gasteiger partial charge is 0.490 e. The molecule has 1 aromatic heterocycles. The number of nitrogens with one attached hydrogen (secondary N) is 1. The number of ether oxygens (including phenoxy) is 2. The lowest BCUT2D eigenvalue weighted by Crippen LogP contribution is -1.99. The Bertz CT molecular complexity index is 529. The minimum absolute atomic E-state index is 0.610. The molecule has 0 radical (unpaired) electrons. The fourth-order valence-electron chi connectivity index (χ4n) is 1.69. The quantitative estimate of drug-likeness (QED) is 0.857. The van der Waals surface area contributed by atoms with E-state index in [-0.39, 0.29) is 0 Å². The zero-order valence-corrected chi connectivity index (χ0v) is 11.2. The Kier molecular flexibility index (Phi) is 4.61. The van der Waals surface area contributed by atoms with Gasteiger partial charge in [-0.2, -0.15) is 0 Å². The van der Waals surface area contributed by atoms with E-state index in [2.05, 4.69) is 10.3 Å². The predicted octanol–water partition coefficient (Wildman–Crippen LogP) is 3.70. The zero-order valence-electron chi connectivity index (χ0n) is 11.2. The van der Waals surface area contributed by atoms with E-state index in [0.29, 0.717) is 12.4 Å². The molecular weight excluding hydrogens is 240 g/mol. The third-order valence-electron chi connectivity index (χ3n) is 2.47. The highest BCUT2D eigenvalue weighted by molar-refractivity contribution is 5.46. The van der Waals surface area contributed by atoms with Gasteiger partial charge >= 0.3 is 0 Å². The van der Waals surface area contributed by atoms with Crippen LogP contribution in [0.1, 0.15) is 13.8 Å². The van der Waals surface area contributed by atoms with E-state index < -0.39 is 0 Å². The number of rotatable bonds is 6. The van der Waals surface area contributed by atoms with Crippen molar-refractivity contribution in [3.05, 3.63) is 42.6 Å². The highest BCUT2D eigenvalue weighted by atomic mass is 16.5. The van der Waals surface area contributed by atoms with Crippen LogP contribution in [0.2, 0.25) is 0 Å². The number of benzene rings is 1. The van der Waals surface area contributed by atoms with Gasteiger partial charge in [0.05, 0.1) is 6.61 Å². The summed E-state index contributed by atoms with van der Waals surface area (Å²) in [5.41, 5.74) is 0. The maximum absolute atomic E-state index is 5.84. The number of hydrogen-bond acceptors (Lipinski definition) is 4. The Morgan fingerprint density at radius 2 is 1.89 bits per heavy atom. The van der Waals surface area contributed by atoms with Gasteiger partial charge in [0.2, 0.25) is 0 Å². The third-order valence-corrected chi connectivity index (χ3v) is 2.47. The summed E-state index contributed by atoms with van der Waals surface area (Å²) in [4.78, 5) is 4.21. The van der Waals surface area contributed by atoms with Crippen LogP contribution in [0, 0.1) is 0 Å². The van der Waals surface area contributed by atoms with Crippen LogP contribution in [0.3, 0.4) is 0 Å². The minimum Gasteiger partial charge on any atom is -0.490 e. The second-order valence-corrected chi connectivity index (χ2v) is 3.89. The Hall–Kier alpha value is -2.23.